The zero-order valence-electron chi connectivity index (χ0n) is 9.13. The molecule has 2 rings (SSSR count). The Labute approximate surface area is 98.9 Å². The Hall–Kier alpha value is -2.36. The van der Waals surface area contributed by atoms with Crippen LogP contribution in [-0.2, 0) is 6.54 Å². The van der Waals surface area contributed by atoms with Gasteiger partial charge in [0.15, 0.2) is 0 Å². The van der Waals surface area contributed by atoms with Gasteiger partial charge in [-0.2, -0.15) is 0 Å². The molecule has 4 heteroatoms. The molecular weight excluding hydrogens is 216 g/mol. The fraction of sp³-hybridized carbons (Fsp3) is 0.0769. The lowest BCUT2D eigenvalue weighted by atomic mass is 10.2. The van der Waals surface area contributed by atoms with Crippen LogP contribution in [0.1, 0.15) is 16.1 Å². The van der Waals surface area contributed by atoms with Crippen molar-refractivity contribution in [3.63, 3.8) is 0 Å². The van der Waals surface area contributed by atoms with Gasteiger partial charge in [-0.1, -0.05) is 30.3 Å². The Morgan fingerprint density at radius 1 is 1.18 bits per heavy atom. The molecule has 0 unspecified atom stereocenters. The van der Waals surface area contributed by atoms with Gasteiger partial charge in [0.2, 0.25) is 0 Å². The maximum atomic E-state index is 10.6. The number of benzene rings is 1. The van der Waals surface area contributed by atoms with Crippen LogP contribution in [0.25, 0.3) is 0 Å². The van der Waals surface area contributed by atoms with Crippen LogP contribution in [0.4, 0.5) is 5.69 Å². The zero-order chi connectivity index (χ0) is 12.1. The molecule has 0 fully saturated rings. The summed E-state index contributed by atoms with van der Waals surface area (Å²) >= 11 is 0. The number of pyridine rings is 1. The standard InChI is InChI=1S/C13H12N2O2/c16-13(17)12-7-6-11(9-15-12)14-8-10-4-2-1-3-5-10/h1-7,9,14H,8H2,(H,16,17). The average Bonchev–Trinajstić information content (AvgIpc) is 2.38. The molecule has 4 nitrogen and oxygen atoms in total. The van der Waals surface area contributed by atoms with E-state index in [0.29, 0.717) is 6.54 Å². The second kappa shape index (κ2) is 5.12. The first-order chi connectivity index (χ1) is 8.25. The van der Waals surface area contributed by atoms with Gasteiger partial charge >= 0.3 is 5.97 Å². The van der Waals surface area contributed by atoms with Gasteiger partial charge in [0.25, 0.3) is 0 Å². The molecule has 0 amide bonds. The number of hydrogen-bond donors (Lipinski definition) is 2. The molecule has 0 radical (unpaired) electrons. The molecule has 2 aromatic rings. The summed E-state index contributed by atoms with van der Waals surface area (Å²) in [4.78, 5) is 14.4. The molecule has 0 aliphatic heterocycles. The highest BCUT2D eigenvalue weighted by Gasteiger charge is 2.02. The average molecular weight is 228 g/mol. The van der Waals surface area contributed by atoms with Gasteiger partial charge in [-0.05, 0) is 17.7 Å². The first-order valence-electron chi connectivity index (χ1n) is 5.23. The van der Waals surface area contributed by atoms with Crippen molar-refractivity contribution < 1.29 is 9.90 Å². The number of nitrogens with one attached hydrogen (secondary N) is 1. The molecule has 0 saturated carbocycles. The van der Waals surface area contributed by atoms with Gasteiger partial charge in [0, 0.05) is 6.54 Å². The second-order valence-electron chi connectivity index (χ2n) is 3.58. The van der Waals surface area contributed by atoms with E-state index in [1.807, 2.05) is 30.3 Å². The van der Waals surface area contributed by atoms with Crippen LogP contribution in [0.2, 0.25) is 0 Å². The number of carboxylic acid groups (broad SMARTS) is 1. The molecule has 17 heavy (non-hydrogen) atoms. The number of carbonyl (C=O) groups is 1. The van der Waals surface area contributed by atoms with Gasteiger partial charge in [0.05, 0.1) is 11.9 Å². The monoisotopic (exact) mass is 228 g/mol. The molecule has 86 valence electrons. The van der Waals surface area contributed by atoms with Gasteiger partial charge in [-0.15, -0.1) is 0 Å². The predicted molar refractivity (Wildman–Crippen MR) is 65.0 cm³/mol. The number of carboxylic acids is 1. The summed E-state index contributed by atoms with van der Waals surface area (Å²) < 4.78 is 0. The number of anilines is 1. The molecule has 0 bridgehead atoms. The molecule has 0 aliphatic rings. The van der Waals surface area contributed by atoms with Crippen LogP contribution in [0.3, 0.4) is 0 Å². The zero-order valence-corrected chi connectivity index (χ0v) is 9.13. The number of rotatable bonds is 4. The minimum atomic E-state index is -1.01. The van der Waals surface area contributed by atoms with E-state index in [1.165, 1.54) is 12.3 Å². The Morgan fingerprint density at radius 2 is 1.94 bits per heavy atom. The topological polar surface area (TPSA) is 62.2 Å². The van der Waals surface area contributed by atoms with E-state index in [1.54, 1.807) is 6.07 Å². The lowest BCUT2D eigenvalue weighted by molar-refractivity contribution is 0.0690. The molecule has 0 aliphatic carbocycles. The van der Waals surface area contributed by atoms with Crippen molar-refractivity contribution in [1.29, 1.82) is 0 Å². The lowest BCUT2D eigenvalue weighted by Gasteiger charge is -2.05. The molecule has 0 atom stereocenters. The van der Waals surface area contributed by atoms with Crippen molar-refractivity contribution in [2.24, 2.45) is 0 Å². The minimum Gasteiger partial charge on any atom is -0.477 e. The van der Waals surface area contributed by atoms with Crippen LogP contribution < -0.4 is 5.32 Å². The SMILES string of the molecule is O=C(O)c1ccc(NCc2ccccc2)cn1. The minimum absolute atomic E-state index is 0.0512. The van der Waals surface area contributed by atoms with Gasteiger partial charge in [-0.3, -0.25) is 0 Å². The van der Waals surface area contributed by atoms with E-state index in [4.69, 9.17) is 5.11 Å². The molecule has 1 heterocycles. The third-order valence-corrected chi connectivity index (χ3v) is 2.32. The van der Waals surface area contributed by atoms with Crippen LogP contribution in [0, 0.1) is 0 Å². The van der Waals surface area contributed by atoms with Gasteiger partial charge < -0.3 is 10.4 Å². The summed E-state index contributed by atoms with van der Waals surface area (Å²) in [5.74, 6) is -1.01. The van der Waals surface area contributed by atoms with Gasteiger partial charge in [-0.25, -0.2) is 9.78 Å². The Morgan fingerprint density at radius 3 is 2.53 bits per heavy atom. The molecule has 1 aromatic carbocycles. The summed E-state index contributed by atoms with van der Waals surface area (Å²) in [7, 11) is 0. The highest BCUT2D eigenvalue weighted by molar-refractivity contribution is 5.85. The fourth-order valence-corrected chi connectivity index (χ4v) is 1.42. The highest BCUT2D eigenvalue weighted by Crippen LogP contribution is 2.08. The molecule has 1 aromatic heterocycles. The maximum Gasteiger partial charge on any atom is 0.354 e. The van der Waals surface area contributed by atoms with E-state index in [2.05, 4.69) is 10.3 Å². The quantitative estimate of drug-likeness (QED) is 0.843. The van der Waals surface area contributed by atoms with E-state index in [-0.39, 0.29) is 5.69 Å². The Bertz CT molecular complexity index is 495. The maximum absolute atomic E-state index is 10.6. The Kier molecular flexibility index (Phi) is 3.35. The van der Waals surface area contributed by atoms with E-state index >= 15 is 0 Å². The molecule has 0 saturated heterocycles. The van der Waals surface area contributed by atoms with Crippen molar-refractivity contribution in [2.75, 3.05) is 5.32 Å². The van der Waals surface area contributed by atoms with Crippen molar-refractivity contribution in [3.8, 4) is 0 Å². The third-order valence-electron chi connectivity index (χ3n) is 2.32. The summed E-state index contributed by atoms with van der Waals surface area (Å²) in [6.07, 6.45) is 1.52. The predicted octanol–water partition coefficient (Wildman–Crippen LogP) is 2.39. The van der Waals surface area contributed by atoms with Crippen LogP contribution in [-0.4, -0.2) is 16.1 Å². The van der Waals surface area contributed by atoms with E-state index in [9.17, 15) is 4.79 Å². The summed E-state index contributed by atoms with van der Waals surface area (Å²) in [6, 6.07) is 13.1. The number of aromatic nitrogens is 1. The normalized spacial score (nSPS) is 9.88. The largest absolute Gasteiger partial charge is 0.477 e. The highest BCUT2D eigenvalue weighted by atomic mass is 16.4. The first kappa shape index (κ1) is 11.1. The number of nitrogens with zero attached hydrogens (tertiary/aromatic N) is 1. The molecular formula is C13H12N2O2. The summed E-state index contributed by atoms with van der Waals surface area (Å²) in [6.45, 7) is 0.689. The Balaban J connectivity index is 1.98. The van der Waals surface area contributed by atoms with Crippen LogP contribution >= 0.6 is 0 Å². The molecule has 0 spiro atoms. The van der Waals surface area contributed by atoms with Crippen molar-refractivity contribution in [1.82, 2.24) is 4.98 Å². The van der Waals surface area contributed by atoms with Crippen molar-refractivity contribution in [3.05, 3.63) is 59.9 Å². The lowest BCUT2D eigenvalue weighted by Crippen LogP contribution is -2.03. The van der Waals surface area contributed by atoms with Crippen LogP contribution in [0.5, 0.6) is 0 Å². The number of aromatic carboxylic acids is 1. The van der Waals surface area contributed by atoms with Crippen molar-refractivity contribution >= 4 is 11.7 Å². The summed E-state index contributed by atoms with van der Waals surface area (Å²) in [5.41, 5.74) is 2.02. The van der Waals surface area contributed by atoms with Gasteiger partial charge in [0.1, 0.15) is 5.69 Å². The smallest absolute Gasteiger partial charge is 0.354 e. The summed E-state index contributed by atoms with van der Waals surface area (Å²) in [5, 5.41) is 11.9. The third kappa shape index (κ3) is 3.04. The first-order valence-corrected chi connectivity index (χ1v) is 5.23. The van der Waals surface area contributed by atoms with E-state index < -0.39 is 5.97 Å². The second-order valence-corrected chi connectivity index (χ2v) is 3.58. The van der Waals surface area contributed by atoms with E-state index in [0.717, 1.165) is 11.3 Å². The molecule has 2 N–H and O–H groups in total. The van der Waals surface area contributed by atoms with Crippen LogP contribution in [0.15, 0.2) is 48.7 Å². The fourth-order valence-electron chi connectivity index (χ4n) is 1.42. The number of hydrogen-bond acceptors (Lipinski definition) is 3. The van der Waals surface area contributed by atoms with Crippen molar-refractivity contribution in [2.45, 2.75) is 6.54 Å².